The SMILES string of the molecule is Cc1cc(C(=O)CCC(=O)NCCc2c[nH]c3ccccc23)c(C)s1. The van der Waals surface area contributed by atoms with Crippen LogP contribution in [0.4, 0.5) is 0 Å². The molecule has 2 heterocycles. The first-order valence-corrected chi connectivity index (χ1v) is 9.28. The molecule has 2 aromatic heterocycles. The fraction of sp³-hybridized carbons (Fsp3) is 0.300. The van der Waals surface area contributed by atoms with Crippen molar-refractivity contribution in [1.29, 1.82) is 0 Å². The van der Waals surface area contributed by atoms with E-state index in [2.05, 4.69) is 16.4 Å². The summed E-state index contributed by atoms with van der Waals surface area (Å²) >= 11 is 1.62. The van der Waals surface area contributed by atoms with Gasteiger partial charge in [0.05, 0.1) is 0 Å². The molecule has 0 spiro atoms. The van der Waals surface area contributed by atoms with Gasteiger partial charge < -0.3 is 10.3 Å². The van der Waals surface area contributed by atoms with Crippen molar-refractivity contribution in [3.63, 3.8) is 0 Å². The molecule has 2 N–H and O–H groups in total. The number of thiophene rings is 1. The molecule has 0 saturated carbocycles. The van der Waals surface area contributed by atoms with Gasteiger partial charge in [0.1, 0.15) is 0 Å². The number of Topliss-reactive ketones (excluding diaryl/α,β-unsaturated/α-hetero) is 1. The lowest BCUT2D eigenvalue weighted by atomic mass is 10.1. The summed E-state index contributed by atoms with van der Waals surface area (Å²) in [5.41, 5.74) is 3.06. The standard InChI is InChI=1S/C20H22N2O2S/c1-13-11-17(14(2)25-13)19(23)7-8-20(24)21-10-9-15-12-22-18-6-4-3-5-16(15)18/h3-6,11-12,22H,7-10H2,1-2H3,(H,21,24). The maximum Gasteiger partial charge on any atom is 0.220 e. The predicted molar refractivity (Wildman–Crippen MR) is 102 cm³/mol. The molecule has 0 fully saturated rings. The van der Waals surface area contributed by atoms with E-state index in [1.807, 2.05) is 44.3 Å². The third-order valence-corrected chi connectivity index (χ3v) is 5.28. The molecule has 0 aliphatic rings. The number of nitrogens with one attached hydrogen (secondary N) is 2. The van der Waals surface area contributed by atoms with Crippen LogP contribution in [-0.4, -0.2) is 23.2 Å². The molecule has 130 valence electrons. The molecule has 0 radical (unpaired) electrons. The van der Waals surface area contributed by atoms with Crippen molar-refractivity contribution in [3.8, 4) is 0 Å². The minimum Gasteiger partial charge on any atom is -0.361 e. The van der Waals surface area contributed by atoms with Crippen molar-refractivity contribution in [3.05, 3.63) is 57.4 Å². The summed E-state index contributed by atoms with van der Waals surface area (Å²) in [5.74, 6) is -0.0218. The van der Waals surface area contributed by atoms with Crippen molar-refractivity contribution in [2.75, 3.05) is 6.54 Å². The number of carbonyl (C=O) groups excluding carboxylic acids is 2. The van der Waals surface area contributed by atoms with Gasteiger partial charge >= 0.3 is 0 Å². The van der Waals surface area contributed by atoms with Crippen molar-refractivity contribution in [1.82, 2.24) is 10.3 Å². The summed E-state index contributed by atoms with van der Waals surface area (Å²) in [7, 11) is 0. The zero-order valence-electron chi connectivity index (χ0n) is 14.5. The molecule has 0 aliphatic heterocycles. The van der Waals surface area contributed by atoms with Crippen LogP contribution in [0.25, 0.3) is 10.9 Å². The zero-order chi connectivity index (χ0) is 17.8. The first-order chi connectivity index (χ1) is 12.0. The lowest BCUT2D eigenvalue weighted by Gasteiger charge is -2.05. The molecular weight excluding hydrogens is 332 g/mol. The van der Waals surface area contributed by atoms with E-state index in [1.165, 1.54) is 10.9 Å². The number of amides is 1. The van der Waals surface area contributed by atoms with E-state index >= 15 is 0 Å². The largest absolute Gasteiger partial charge is 0.361 e. The molecule has 1 amide bonds. The highest BCUT2D eigenvalue weighted by Crippen LogP contribution is 2.22. The van der Waals surface area contributed by atoms with Gasteiger partial charge in [-0.15, -0.1) is 11.3 Å². The zero-order valence-corrected chi connectivity index (χ0v) is 15.3. The maximum absolute atomic E-state index is 12.2. The number of carbonyl (C=O) groups is 2. The van der Waals surface area contributed by atoms with Crippen molar-refractivity contribution < 1.29 is 9.59 Å². The molecule has 0 bridgehead atoms. The minimum atomic E-state index is -0.0715. The molecule has 3 rings (SSSR count). The van der Waals surface area contributed by atoms with Crippen LogP contribution in [0.2, 0.25) is 0 Å². The van der Waals surface area contributed by atoms with Gasteiger partial charge in [-0.25, -0.2) is 0 Å². The van der Waals surface area contributed by atoms with Crippen LogP contribution in [0.3, 0.4) is 0 Å². The van der Waals surface area contributed by atoms with Gasteiger partial charge in [0.2, 0.25) is 5.91 Å². The van der Waals surface area contributed by atoms with E-state index in [9.17, 15) is 9.59 Å². The second-order valence-electron chi connectivity index (χ2n) is 6.21. The molecule has 4 nitrogen and oxygen atoms in total. The minimum absolute atomic E-state index is 0.0497. The second-order valence-corrected chi connectivity index (χ2v) is 7.67. The van der Waals surface area contributed by atoms with Crippen LogP contribution in [0, 0.1) is 13.8 Å². The van der Waals surface area contributed by atoms with Crippen molar-refractivity contribution in [2.24, 2.45) is 0 Å². The van der Waals surface area contributed by atoms with E-state index in [1.54, 1.807) is 11.3 Å². The second kappa shape index (κ2) is 7.66. The molecule has 3 aromatic rings. The van der Waals surface area contributed by atoms with Crippen LogP contribution >= 0.6 is 11.3 Å². The van der Waals surface area contributed by atoms with Crippen LogP contribution in [0.15, 0.2) is 36.5 Å². The fourth-order valence-corrected chi connectivity index (χ4v) is 3.98. The first-order valence-electron chi connectivity index (χ1n) is 8.46. The van der Waals surface area contributed by atoms with Gasteiger partial charge in [-0.1, -0.05) is 18.2 Å². The van der Waals surface area contributed by atoms with Gasteiger partial charge in [0.15, 0.2) is 5.78 Å². The average Bonchev–Trinajstić information content (AvgIpc) is 3.16. The Balaban J connectivity index is 1.45. The van der Waals surface area contributed by atoms with Crippen molar-refractivity contribution in [2.45, 2.75) is 33.1 Å². The van der Waals surface area contributed by atoms with Crippen LogP contribution in [0.1, 0.15) is 38.5 Å². The highest BCUT2D eigenvalue weighted by Gasteiger charge is 2.13. The number of para-hydroxylation sites is 1. The summed E-state index contributed by atoms with van der Waals surface area (Å²) in [6.07, 6.45) is 3.26. The normalized spacial score (nSPS) is 11.0. The molecule has 0 atom stereocenters. The van der Waals surface area contributed by atoms with E-state index < -0.39 is 0 Å². The fourth-order valence-electron chi connectivity index (χ4n) is 3.03. The Hall–Kier alpha value is -2.40. The Kier molecular flexibility index (Phi) is 5.34. The quantitative estimate of drug-likeness (QED) is 0.626. The predicted octanol–water partition coefficient (Wildman–Crippen LogP) is 4.17. The Labute approximate surface area is 151 Å². The number of benzene rings is 1. The number of hydrogen-bond acceptors (Lipinski definition) is 3. The van der Waals surface area contributed by atoms with Gasteiger partial charge in [0, 0.05) is 51.8 Å². The Bertz CT molecular complexity index is 907. The lowest BCUT2D eigenvalue weighted by molar-refractivity contribution is -0.121. The average molecular weight is 354 g/mol. The molecule has 0 aliphatic carbocycles. The summed E-state index contributed by atoms with van der Waals surface area (Å²) in [5, 5.41) is 4.10. The molecule has 25 heavy (non-hydrogen) atoms. The van der Waals surface area contributed by atoms with E-state index in [4.69, 9.17) is 0 Å². The number of aromatic nitrogens is 1. The van der Waals surface area contributed by atoms with Gasteiger partial charge in [-0.2, -0.15) is 0 Å². The van der Waals surface area contributed by atoms with E-state index in [-0.39, 0.29) is 24.5 Å². The van der Waals surface area contributed by atoms with Crippen LogP contribution < -0.4 is 5.32 Å². The van der Waals surface area contributed by atoms with E-state index in [0.29, 0.717) is 6.54 Å². The topological polar surface area (TPSA) is 62.0 Å². The number of rotatable bonds is 7. The number of fused-ring (bicyclic) bond motifs is 1. The van der Waals surface area contributed by atoms with Gasteiger partial charge in [0.25, 0.3) is 0 Å². The first kappa shape index (κ1) is 17.4. The number of H-pyrrole nitrogens is 1. The van der Waals surface area contributed by atoms with Gasteiger partial charge in [-0.05, 0) is 38.0 Å². The number of aromatic amines is 1. The highest BCUT2D eigenvalue weighted by atomic mass is 32.1. The molecule has 0 unspecified atom stereocenters. The maximum atomic E-state index is 12.2. The lowest BCUT2D eigenvalue weighted by Crippen LogP contribution is -2.26. The van der Waals surface area contributed by atoms with Crippen LogP contribution in [-0.2, 0) is 11.2 Å². The van der Waals surface area contributed by atoms with Gasteiger partial charge in [-0.3, -0.25) is 9.59 Å². The summed E-state index contributed by atoms with van der Waals surface area (Å²) in [6.45, 7) is 4.52. The number of aryl methyl sites for hydroxylation is 2. The molecular formula is C20H22N2O2S. The highest BCUT2D eigenvalue weighted by molar-refractivity contribution is 7.12. The third-order valence-electron chi connectivity index (χ3n) is 4.31. The van der Waals surface area contributed by atoms with E-state index in [0.717, 1.165) is 27.3 Å². The molecule has 5 heteroatoms. The monoisotopic (exact) mass is 354 g/mol. The summed E-state index contributed by atoms with van der Waals surface area (Å²) in [4.78, 5) is 29.6. The summed E-state index contributed by atoms with van der Waals surface area (Å²) in [6, 6.07) is 10.0. The Morgan fingerprint density at radius 2 is 1.96 bits per heavy atom. The van der Waals surface area contributed by atoms with Crippen LogP contribution in [0.5, 0.6) is 0 Å². The summed E-state index contributed by atoms with van der Waals surface area (Å²) < 4.78 is 0. The number of hydrogen-bond donors (Lipinski definition) is 2. The number of ketones is 1. The van der Waals surface area contributed by atoms with Crippen molar-refractivity contribution >= 4 is 33.9 Å². The molecule has 1 aromatic carbocycles. The third kappa shape index (κ3) is 4.17. The Morgan fingerprint density at radius 1 is 1.16 bits per heavy atom. The smallest absolute Gasteiger partial charge is 0.220 e. The Morgan fingerprint density at radius 3 is 2.72 bits per heavy atom. The molecule has 0 saturated heterocycles.